The molecule has 116 valence electrons. The van der Waals surface area contributed by atoms with Crippen LogP contribution in [0.25, 0.3) is 0 Å². The number of hydrogen-bond donors (Lipinski definition) is 2. The standard InChI is InChI=1S/C16H23FN2O2/c1-2-14(21-15-5-3-4-13(17)8-15)10-19-16(20)11-18-9-12-6-7-12/h3-5,8,12,14,18H,2,6-7,9-11H2,1H3,(H,19,20). The molecule has 1 aliphatic rings. The van der Waals surface area contributed by atoms with Gasteiger partial charge in [0, 0.05) is 6.07 Å². The summed E-state index contributed by atoms with van der Waals surface area (Å²) in [6.45, 7) is 3.66. The molecule has 4 nitrogen and oxygen atoms in total. The molecule has 1 amide bonds. The van der Waals surface area contributed by atoms with E-state index in [1.54, 1.807) is 12.1 Å². The average Bonchev–Trinajstić information content (AvgIpc) is 3.27. The van der Waals surface area contributed by atoms with Crippen LogP contribution in [0.3, 0.4) is 0 Å². The minimum Gasteiger partial charge on any atom is -0.489 e. The first-order valence-corrected chi connectivity index (χ1v) is 7.57. The van der Waals surface area contributed by atoms with Crippen molar-refractivity contribution in [2.24, 2.45) is 5.92 Å². The van der Waals surface area contributed by atoms with Gasteiger partial charge in [0.2, 0.25) is 5.91 Å². The second-order valence-electron chi connectivity index (χ2n) is 5.48. The Kier molecular flexibility index (Phi) is 5.99. The van der Waals surface area contributed by atoms with Crippen molar-refractivity contribution in [3.63, 3.8) is 0 Å². The van der Waals surface area contributed by atoms with Crippen molar-refractivity contribution in [1.82, 2.24) is 10.6 Å². The molecule has 0 saturated heterocycles. The molecule has 1 aromatic carbocycles. The summed E-state index contributed by atoms with van der Waals surface area (Å²) in [5.74, 6) is 0.896. The van der Waals surface area contributed by atoms with E-state index in [4.69, 9.17) is 4.74 Å². The maximum atomic E-state index is 13.1. The molecule has 1 aromatic rings. The van der Waals surface area contributed by atoms with E-state index >= 15 is 0 Å². The third-order valence-corrected chi connectivity index (χ3v) is 3.50. The zero-order valence-electron chi connectivity index (χ0n) is 12.4. The Bertz CT molecular complexity index is 463. The molecule has 2 rings (SSSR count). The molecular formula is C16H23FN2O2. The Morgan fingerprint density at radius 1 is 1.48 bits per heavy atom. The smallest absolute Gasteiger partial charge is 0.234 e. The van der Waals surface area contributed by atoms with E-state index in [0.717, 1.165) is 18.9 Å². The Balaban J connectivity index is 1.67. The lowest BCUT2D eigenvalue weighted by atomic mass is 10.2. The van der Waals surface area contributed by atoms with Gasteiger partial charge in [-0.15, -0.1) is 0 Å². The van der Waals surface area contributed by atoms with E-state index in [0.29, 0.717) is 18.8 Å². The quantitative estimate of drug-likeness (QED) is 0.733. The molecule has 0 bridgehead atoms. The molecule has 0 aromatic heterocycles. The van der Waals surface area contributed by atoms with Gasteiger partial charge in [0.25, 0.3) is 0 Å². The first-order valence-electron chi connectivity index (χ1n) is 7.57. The summed E-state index contributed by atoms with van der Waals surface area (Å²) >= 11 is 0. The minimum absolute atomic E-state index is 0.0306. The van der Waals surface area contributed by atoms with Crippen LogP contribution < -0.4 is 15.4 Å². The van der Waals surface area contributed by atoms with E-state index < -0.39 is 0 Å². The van der Waals surface area contributed by atoms with Crippen molar-refractivity contribution >= 4 is 5.91 Å². The van der Waals surface area contributed by atoms with Crippen LogP contribution in [-0.2, 0) is 4.79 Å². The van der Waals surface area contributed by atoms with Crippen LogP contribution in [0.5, 0.6) is 5.75 Å². The van der Waals surface area contributed by atoms with Crippen LogP contribution in [0.1, 0.15) is 26.2 Å². The SMILES string of the molecule is CCC(CNC(=O)CNCC1CC1)Oc1cccc(F)c1. The van der Waals surface area contributed by atoms with Crippen molar-refractivity contribution in [2.75, 3.05) is 19.6 Å². The topological polar surface area (TPSA) is 50.4 Å². The number of amides is 1. The van der Waals surface area contributed by atoms with E-state index in [9.17, 15) is 9.18 Å². The maximum absolute atomic E-state index is 13.1. The number of nitrogens with one attached hydrogen (secondary N) is 2. The fourth-order valence-electron chi connectivity index (χ4n) is 2.00. The third-order valence-electron chi connectivity index (χ3n) is 3.50. The molecule has 0 radical (unpaired) electrons. The van der Waals surface area contributed by atoms with E-state index in [-0.39, 0.29) is 17.8 Å². The van der Waals surface area contributed by atoms with Crippen LogP contribution in [0.2, 0.25) is 0 Å². The van der Waals surface area contributed by atoms with Crippen molar-refractivity contribution in [3.05, 3.63) is 30.1 Å². The Labute approximate surface area is 125 Å². The van der Waals surface area contributed by atoms with Gasteiger partial charge in [-0.3, -0.25) is 4.79 Å². The number of benzene rings is 1. The van der Waals surface area contributed by atoms with Crippen LogP contribution in [0, 0.1) is 11.7 Å². The maximum Gasteiger partial charge on any atom is 0.234 e. The van der Waals surface area contributed by atoms with Crippen molar-refractivity contribution < 1.29 is 13.9 Å². The Morgan fingerprint density at radius 3 is 2.95 bits per heavy atom. The summed E-state index contributed by atoms with van der Waals surface area (Å²) in [4.78, 5) is 11.7. The van der Waals surface area contributed by atoms with Gasteiger partial charge < -0.3 is 15.4 Å². The fourth-order valence-corrected chi connectivity index (χ4v) is 2.00. The van der Waals surface area contributed by atoms with Crippen molar-refractivity contribution in [1.29, 1.82) is 0 Å². The number of halogens is 1. The molecule has 0 spiro atoms. The van der Waals surface area contributed by atoms with Gasteiger partial charge in [0.1, 0.15) is 17.7 Å². The van der Waals surface area contributed by atoms with Gasteiger partial charge in [-0.05, 0) is 43.9 Å². The largest absolute Gasteiger partial charge is 0.489 e. The highest BCUT2D eigenvalue weighted by molar-refractivity contribution is 5.77. The molecule has 5 heteroatoms. The monoisotopic (exact) mass is 294 g/mol. The summed E-state index contributed by atoms with van der Waals surface area (Å²) in [5, 5.41) is 5.99. The Morgan fingerprint density at radius 2 is 2.29 bits per heavy atom. The Hall–Kier alpha value is -1.62. The number of hydrogen-bond acceptors (Lipinski definition) is 3. The zero-order valence-corrected chi connectivity index (χ0v) is 12.4. The molecule has 1 unspecified atom stereocenters. The normalized spacial score (nSPS) is 15.5. The second kappa shape index (κ2) is 7.98. The molecule has 0 aliphatic heterocycles. The second-order valence-corrected chi connectivity index (χ2v) is 5.48. The van der Waals surface area contributed by atoms with E-state index in [2.05, 4.69) is 10.6 Å². The lowest BCUT2D eigenvalue weighted by Gasteiger charge is -2.18. The van der Waals surface area contributed by atoms with Crippen LogP contribution in [0.4, 0.5) is 4.39 Å². The molecule has 21 heavy (non-hydrogen) atoms. The summed E-state index contributed by atoms with van der Waals surface area (Å²) in [7, 11) is 0. The van der Waals surface area contributed by atoms with Crippen molar-refractivity contribution in [2.45, 2.75) is 32.3 Å². The minimum atomic E-state index is -0.323. The molecule has 1 aliphatic carbocycles. The van der Waals surface area contributed by atoms with Gasteiger partial charge in [-0.1, -0.05) is 13.0 Å². The first kappa shape index (κ1) is 15.8. The number of carbonyl (C=O) groups is 1. The van der Waals surface area contributed by atoms with Crippen LogP contribution in [-0.4, -0.2) is 31.6 Å². The summed E-state index contributed by atoms with van der Waals surface area (Å²) in [6.07, 6.45) is 3.13. The third kappa shape index (κ3) is 6.12. The first-order chi connectivity index (χ1) is 10.2. The predicted molar refractivity (Wildman–Crippen MR) is 79.7 cm³/mol. The molecular weight excluding hydrogens is 271 g/mol. The van der Waals surface area contributed by atoms with Crippen LogP contribution >= 0.6 is 0 Å². The van der Waals surface area contributed by atoms with Gasteiger partial charge in [0.05, 0.1) is 13.1 Å². The van der Waals surface area contributed by atoms with E-state index in [1.807, 2.05) is 6.92 Å². The van der Waals surface area contributed by atoms with Crippen LogP contribution in [0.15, 0.2) is 24.3 Å². The number of rotatable bonds is 9. The summed E-state index contributed by atoms with van der Waals surface area (Å²) < 4.78 is 18.8. The number of carbonyl (C=O) groups excluding carboxylic acids is 1. The highest BCUT2D eigenvalue weighted by Gasteiger charge is 2.20. The zero-order chi connectivity index (χ0) is 15.1. The molecule has 2 N–H and O–H groups in total. The lowest BCUT2D eigenvalue weighted by Crippen LogP contribution is -2.40. The molecule has 0 heterocycles. The van der Waals surface area contributed by atoms with Gasteiger partial charge in [0.15, 0.2) is 0 Å². The molecule has 1 saturated carbocycles. The van der Waals surface area contributed by atoms with Gasteiger partial charge in [-0.2, -0.15) is 0 Å². The summed E-state index contributed by atoms with van der Waals surface area (Å²) in [6, 6.07) is 6.05. The summed E-state index contributed by atoms with van der Waals surface area (Å²) in [5.41, 5.74) is 0. The van der Waals surface area contributed by atoms with E-state index in [1.165, 1.54) is 25.0 Å². The van der Waals surface area contributed by atoms with Gasteiger partial charge >= 0.3 is 0 Å². The molecule has 1 atom stereocenters. The lowest BCUT2D eigenvalue weighted by molar-refractivity contribution is -0.120. The predicted octanol–water partition coefficient (Wildman–Crippen LogP) is 2.10. The highest BCUT2D eigenvalue weighted by atomic mass is 19.1. The molecule has 1 fully saturated rings. The van der Waals surface area contributed by atoms with Gasteiger partial charge in [-0.25, -0.2) is 4.39 Å². The highest BCUT2D eigenvalue weighted by Crippen LogP contribution is 2.27. The number of ether oxygens (including phenoxy) is 1. The fraction of sp³-hybridized carbons (Fsp3) is 0.562. The van der Waals surface area contributed by atoms with Crippen molar-refractivity contribution in [3.8, 4) is 5.75 Å². The average molecular weight is 294 g/mol.